The third-order valence-electron chi connectivity index (χ3n) is 6.57. The van der Waals surface area contributed by atoms with Gasteiger partial charge in [-0.1, -0.05) is 24.6 Å². The predicted octanol–water partition coefficient (Wildman–Crippen LogP) is 4.78. The van der Waals surface area contributed by atoms with Crippen LogP contribution in [0.2, 0.25) is 0 Å². The zero-order valence-electron chi connectivity index (χ0n) is 18.9. The topological polar surface area (TPSA) is 53.6 Å². The molecule has 0 spiro atoms. The number of benzene rings is 2. The Hall–Kier alpha value is -2.70. The minimum atomic E-state index is -0.352. The monoisotopic (exact) mass is 437 g/mol. The average Bonchev–Trinajstić information content (AvgIpc) is 3.22. The first-order valence-corrected chi connectivity index (χ1v) is 11.5. The summed E-state index contributed by atoms with van der Waals surface area (Å²) in [4.78, 5) is 13.5. The smallest absolute Gasteiger partial charge is 0.211 e. The van der Waals surface area contributed by atoms with Crippen molar-refractivity contribution in [3.8, 4) is 0 Å². The van der Waals surface area contributed by atoms with Crippen molar-refractivity contribution >= 4 is 23.4 Å². The van der Waals surface area contributed by atoms with Gasteiger partial charge in [0, 0.05) is 53.6 Å². The van der Waals surface area contributed by atoms with E-state index in [1.54, 1.807) is 6.07 Å². The summed E-state index contributed by atoms with van der Waals surface area (Å²) in [5, 5.41) is 6.22. The quantitative estimate of drug-likeness (QED) is 0.461. The van der Waals surface area contributed by atoms with Crippen LogP contribution in [-0.4, -0.2) is 37.0 Å². The molecule has 2 aromatic carbocycles. The molecule has 2 aromatic rings. The van der Waals surface area contributed by atoms with E-state index in [1.807, 2.05) is 6.92 Å². The van der Waals surface area contributed by atoms with Gasteiger partial charge < -0.3 is 15.4 Å². The Morgan fingerprint density at radius 2 is 2.12 bits per heavy atom. The van der Waals surface area contributed by atoms with Crippen molar-refractivity contribution in [3.05, 3.63) is 64.5 Å². The van der Waals surface area contributed by atoms with Crippen LogP contribution in [0.3, 0.4) is 0 Å². The molecule has 4 rings (SSSR count). The maximum Gasteiger partial charge on any atom is 0.211 e. The first-order chi connectivity index (χ1) is 15.6. The zero-order chi connectivity index (χ0) is 22.5. The normalized spacial score (nSPS) is 19.9. The van der Waals surface area contributed by atoms with Gasteiger partial charge in [-0.25, -0.2) is 4.39 Å². The van der Waals surface area contributed by atoms with Gasteiger partial charge >= 0.3 is 0 Å². The molecule has 0 saturated carbocycles. The zero-order valence-corrected chi connectivity index (χ0v) is 18.9. The molecule has 0 aromatic heterocycles. The van der Waals surface area contributed by atoms with Crippen LogP contribution in [0.4, 0.5) is 10.1 Å². The van der Waals surface area contributed by atoms with Crippen LogP contribution in [0.25, 0.3) is 11.3 Å². The first kappa shape index (κ1) is 22.5. The van der Waals surface area contributed by atoms with E-state index in [2.05, 4.69) is 40.7 Å². The minimum Gasteiger partial charge on any atom is -0.488 e. The minimum absolute atomic E-state index is 0.352. The van der Waals surface area contributed by atoms with E-state index < -0.39 is 0 Å². The molecule has 2 heterocycles. The summed E-state index contributed by atoms with van der Waals surface area (Å²) in [5.74, 6) is 0.383. The number of rotatable bonds is 8. The molecule has 1 atom stereocenters. The Kier molecular flexibility index (Phi) is 7.22. The Balaban J connectivity index is 1.43. The Bertz CT molecular complexity index is 1000. The van der Waals surface area contributed by atoms with Crippen LogP contribution in [0.15, 0.2) is 36.4 Å². The molecule has 6 heteroatoms. The molecule has 1 saturated heterocycles. The van der Waals surface area contributed by atoms with Crippen molar-refractivity contribution in [1.82, 2.24) is 10.2 Å². The number of halogens is 1. The number of carbonyl (C=O) groups is 1. The molecule has 2 aliphatic rings. The van der Waals surface area contributed by atoms with Crippen molar-refractivity contribution in [2.24, 2.45) is 0 Å². The van der Waals surface area contributed by atoms with Crippen molar-refractivity contribution in [2.45, 2.75) is 52.3 Å². The number of amides is 1. The Morgan fingerprint density at radius 3 is 2.94 bits per heavy atom. The lowest BCUT2D eigenvalue weighted by Gasteiger charge is -2.33. The third-order valence-corrected chi connectivity index (χ3v) is 6.57. The molecule has 5 nitrogen and oxygen atoms in total. The fourth-order valence-electron chi connectivity index (χ4n) is 4.72. The first-order valence-electron chi connectivity index (χ1n) is 11.5. The van der Waals surface area contributed by atoms with Crippen LogP contribution >= 0.6 is 0 Å². The molecule has 1 fully saturated rings. The highest BCUT2D eigenvalue weighted by Gasteiger charge is 2.22. The summed E-state index contributed by atoms with van der Waals surface area (Å²) in [5.41, 5.74) is 5.37. The number of ether oxygens (including phenoxy) is 1. The second-order valence-electron chi connectivity index (χ2n) is 8.74. The summed E-state index contributed by atoms with van der Waals surface area (Å²) >= 11 is 0. The van der Waals surface area contributed by atoms with E-state index in [1.165, 1.54) is 43.5 Å². The van der Waals surface area contributed by atoms with Crippen LogP contribution < -0.4 is 10.6 Å². The van der Waals surface area contributed by atoms with Crippen LogP contribution in [0.5, 0.6) is 0 Å². The largest absolute Gasteiger partial charge is 0.488 e. The van der Waals surface area contributed by atoms with Gasteiger partial charge in [0.15, 0.2) is 0 Å². The number of likely N-dealkylation sites (tertiary alicyclic amines) is 1. The van der Waals surface area contributed by atoms with E-state index >= 15 is 0 Å². The van der Waals surface area contributed by atoms with Crippen LogP contribution in [0.1, 0.15) is 55.4 Å². The number of nitrogens with one attached hydrogen (secondary N) is 2. The predicted molar refractivity (Wildman–Crippen MR) is 126 cm³/mol. The SMILES string of the molecule is C/C(=C1/OCc2cc(CNCCN3CCCCC3C)ccc21)c1cc(F)ccc1NC=O. The standard InChI is InChI=1S/C26H32FN3O2/c1-18-5-3-4-11-30(18)12-10-28-15-20-6-8-23-21(13-20)16-32-26(23)19(2)24-14-22(27)7-9-25(24)29-17-31/h6-9,13-14,17-18,28H,3-5,10-12,15-16H2,1-2H3,(H,29,31)/b26-19-. The maximum atomic E-state index is 13.9. The molecule has 1 amide bonds. The molecular weight excluding hydrogens is 405 g/mol. The highest BCUT2D eigenvalue weighted by molar-refractivity contribution is 5.94. The van der Waals surface area contributed by atoms with Gasteiger partial charge in [0.05, 0.1) is 0 Å². The number of allylic oxidation sites excluding steroid dienone is 1. The average molecular weight is 438 g/mol. The number of hydrogen-bond donors (Lipinski definition) is 2. The number of nitrogens with zero attached hydrogens (tertiary/aromatic N) is 1. The summed E-state index contributed by atoms with van der Waals surface area (Å²) in [7, 11) is 0. The van der Waals surface area contributed by atoms with Gasteiger partial charge in [0.1, 0.15) is 18.2 Å². The summed E-state index contributed by atoms with van der Waals surface area (Å²) in [6.45, 7) is 8.82. The molecule has 0 aliphatic carbocycles. The Morgan fingerprint density at radius 1 is 1.25 bits per heavy atom. The summed E-state index contributed by atoms with van der Waals surface area (Å²) in [6.07, 6.45) is 4.57. The molecule has 170 valence electrons. The van der Waals surface area contributed by atoms with E-state index in [0.29, 0.717) is 30.3 Å². The van der Waals surface area contributed by atoms with Gasteiger partial charge in [-0.15, -0.1) is 0 Å². The van der Waals surface area contributed by atoms with E-state index in [-0.39, 0.29) is 5.82 Å². The fourth-order valence-corrected chi connectivity index (χ4v) is 4.72. The molecule has 0 bridgehead atoms. The number of anilines is 1. The maximum absolute atomic E-state index is 13.9. The second-order valence-corrected chi connectivity index (χ2v) is 8.74. The number of fused-ring (bicyclic) bond motifs is 1. The van der Waals surface area contributed by atoms with E-state index in [9.17, 15) is 9.18 Å². The van der Waals surface area contributed by atoms with Gasteiger partial charge in [0.2, 0.25) is 6.41 Å². The fraction of sp³-hybridized carbons (Fsp3) is 0.423. The highest BCUT2D eigenvalue weighted by Crippen LogP contribution is 2.38. The van der Waals surface area contributed by atoms with Crippen molar-refractivity contribution in [2.75, 3.05) is 25.0 Å². The lowest BCUT2D eigenvalue weighted by atomic mass is 9.98. The van der Waals surface area contributed by atoms with Crippen LogP contribution in [-0.2, 0) is 22.7 Å². The number of carbonyl (C=O) groups excluding carboxylic acids is 1. The molecule has 2 N–H and O–H groups in total. The van der Waals surface area contributed by atoms with E-state index in [0.717, 1.165) is 42.1 Å². The Labute approximate surface area is 189 Å². The van der Waals surface area contributed by atoms with Crippen molar-refractivity contribution < 1.29 is 13.9 Å². The lowest BCUT2D eigenvalue weighted by molar-refractivity contribution is -0.105. The number of hydrogen-bond acceptors (Lipinski definition) is 4. The molecule has 2 aliphatic heterocycles. The highest BCUT2D eigenvalue weighted by atomic mass is 19.1. The molecule has 32 heavy (non-hydrogen) atoms. The van der Waals surface area contributed by atoms with Gasteiger partial charge in [-0.05, 0) is 57.0 Å². The third kappa shape index (κ3) is 5.03. The molecular formula is C26H32FN3O2. The van der Waals surface area contributed by atoms with Crippen molar-refractivity contribution in [3.63, 3.8) is 0 Å². The van der Waals surface area contributed by atoms with Gasteiger partial charge in [-0.3, -0.25) is 9.69 Å². The lowest BCUT2D eigenvalue weighted by Crippen LogP contribution is -2.41. The molecule has 0 radical (unpaired) electrons. The van der Waals surface area contributed by atoms with E-state index in [4.69, 9.17) is 4.74 Å². The van der Waals surface area contributed by atoms with Crippen LogP contribution in [0, 0.1) is 5.82 Å². The summed E-state index contributed by atoms with van der Waals surface area (Å²) < 4.78 is 19.9. The molecule has 1 unspecified atom stereocenters. The van der Waals surface area contributed by atoms with Crippen molar-refractivity contribution in [1.29, 1.82) is 0 Å². The summed E-state index contributed by atoms with van der Waals surface area (Å²) in [6, 6.07) is 11.4. The number of piperidine rings is 1. The second kappa shape index (κ2) is 10.3. The van der Waals surface area contributed by atoms with Gasteiger partial charge in [-0.2, -0.15) is 0 Å². The van der Waals surface area contributed by atoms with Gasteiger partial charge in [0.25, 0.3) is 0 Å².